The highest BCUT2D eigenvalue weighted by molar-refractivity contribution is 5.78. The fraction of sp³-hybridized carbons (Fsp3) is 0.500. The Morgan fingerprint density at radius 3 is 1.93 bits per heavy atom. The molecule has 0 bridgehead atoms. The number of fused-ring (bicyclic) bond motifs is 3. The van der Waals surface area contributed by atoms with E-state index >= 15 is 0 Å². The number of likely N-dealkylation sites (tertiary alicyclic amines) is 2. The van der Waals surface area contributed by atoms with Crippen LogP contribution in [0.2, 0.25) is 0 Å². The summed E-state index contributed by atoms with van der Waals surface area (Å²) in [6, 6.07) is 12.8. The van der Waals surface area contributed by atoms with Crippen LogP contribution in [-0.4, -0.2) is 72.4 Å². The van der Waals surface area contributed by atoms with E-state index in [1.807, 2.05) is 63.2 Å². The number of alkyl halides is 3. The van der Waals surface area contributed by atoms with E-state index in [0.29, 0.717) is 60.5 Å². The second kappa shape index (κ2) is 14.0. The molecule has 5 heterocycles. The van der Waals surface area contributed by atoms with E-state index in [9.17, 15) is 22.8 Å². The van der Waals surface area contributed by atoms with Crippen molar-refractivity contribution in [3.8, 4) is 39.4 Å². The lowest BCUT2D eigenvalue weighted by Gasteiger charge is -2.27. The van der Waals surface area contributed by atoms with Gasteiger partial charge in [0.2, 0.25) is 0 Å². The number of aryl methyl sites for hydroxylation is 1. The molecule has 3 aliphatic heterocycles. The number of rotatable bonds is 6. The highest BCUT2D eigenvalue weighted by atomic mass is 19.4. The Bertz CT molecular complexity index is 2020. The van der Waals surface area contributed by atoms with E-state index in [1.165, 1.54) is 0 Å². The molecule has 2 N–H and O–H groups in total. The number of aromatic amines is 2. The minimum atomic E-state index is -4.35. The highest BCUT2D eigenvalue weighted by Gasteiger charge is 2.38. The number of H-pyrrole nitrogens is 2. The van der Waals surface area contributed by atoms with Crippen molar-refractivity contribution in [2.45, 2.75) is 116 Å². The highest BCUT2D eigenvalue weighted by Crippen LogP contribution is 2.42. The van der Waals surface area contributed by atoms with Crippen LogP contribution in [0, 0.1) is 0 Å². The van der Waals surface area contributed by atoms with E-state index < -0.39 is 35.9 Å². The number of hydrogen-bond acceptors (Lipinski definition) is 7. The Hall–Kier alpha value is -5.01. The first-order valence-electron chi connectivity index (χ1n) is 18.5. The Morgan fingerprint density at radius 2 is 1.35 bits per heavy atom. The summed E-state index contributed by atoms with van der Waals surface area (Å²) in [6.45, 7) is 12.3. The molecule has 2 amide bonds. The minimum absolute atomic E-state index is 0.214. The number of carbonyl (C=O) groups is 2. The number of nitrogens with zero attached hydrogens (tertiary/aromatic N) is 4. The third kappa shape index (κ3) is 8.07. The van der Waals surface area contributed by atoms with Gasteiger partial charge in [-0.1, -0.05) is 30.3 Å². The Balaban J connectivity index is 1.12. The number of benzene rings is 2. The maximum atomic E-state index is 13.4. The average molecular weight is 749 g/mol. The summed E-state index contributed by atoms with van der Waals surface area (Å²) in [5.41, 5.74) is 4.47. The molecule has 0 radical (unpaired) electrons. The Kier molecular flexibility index (Phi) is 9.68. The van der Waals surface area contributed by atoms with Crippen molar-refractivity contribution in [1.29, 1.82) is 0 Å². The van der Waals surface area contributed by atoms with Crippen molar-refractivity contribution in [1.82, 2.24) is 29.7 Å². The predicted molar refractivity (Wildman–Crippen MR) is 196 cm³/mol. The zero-order valence-electron chi connectivity index (χ0n) is 31.5. The maximum absolute atomic E-state index is 13.4. The molecule has 2 atom stereocenters. The van der Waals surface area contributed by atoms with E-state index in [0.717, 1.165) is 47.3 Å². The van der Waals surface area contributed by atoms with Crippen LogP contribution < -0.4 is 4.74 Å². The number of nitrogens with one attached hydrogen (secondary N) is 2. The standard InChI is InChI=1S/C40H47F3N6O5/c1-38(2,3)53-36(50)48-19-7-9-29(48)34-44-27(17-18-40(41,42)43)32(46-34)24-13-11-23(12-14-24)25-15-16-26-31(21-25)52-22-28-33(26)47-35(45-28)30-10-8-20-49(30)37(51)54-39(4,5)6/h11-16,21,29-30H,7-10,17-20,22H2,1-6H3,(H,44,46)(H,45,47)/t29-,30-/m0/s1. The molecule has 7 rings (SSSR count). The molecule has 3 aliphatic rings. The lowest BCUT2D eigenvalue weighted by Crippen LogP contribution is -2.36. The fourth-order valence-electron chi connectivity index (χ4n) is 7.36. The Labute approximate surface area is 312 Å². The van der Waals surface area contributed by atoms with Gasteiger partial charge in [-0.25, -0.2) is 19.6 Å². The fourth-order valence-corrected chi connectivity index (χ4v) is 7.36. The predicted octanol–water partition coefficient (Wildman–Crippen LogP) is 9.67. The monoisotopic (exact) mass is 748 g/mol. The molecular formula is C40H47F3N6O5. The lowest BCUT2D eigenvalue weighted by molar-refractivity contribution is -0.134. The number of imidazole rings is 2. The summed E-state index contributed by atoms with van der Waals surface area (Å²) < 4.78 is 57.6. The smallest absolute Gasteiger partial charge is 0.410 e. The molecule has 4 aromatic rings. The summed E-state index contributed by atoms with van der Waals surface area (Å²) >= 11 is 0. The summed E-state index contributed by atoms with van der Waals surface area (Å²) in [6.07, 6.45) is -3.49. The SMILES string of the molecule is CC(C)(C)OC(=O)N1CCC[C@H]1c1nc2c([nH]1)COc1cc(-c3ccc(-c4[nH]c([C@@H]5CCCN5C(=O)OC(C)(C)C)nc4CCC(F)(F)F)cc3)ccc1-2. The van der Waals surface area contributed by atoms with Crippen molar-refractivity contribution >= 4 is 12.2 Å². The largest absolute Gasteiger partial charge is 0.487 e. The van der Waals surface area contributed by atoms with Gasteiger partial charge >= 0.3 is 18.4 Å². The molecule has 288 valence electrons. The second-order valence-electron chi connectivity index (χ2n) is 16.2. The Morgan fingerprint density at radius 1 is 0.796 bits per heavy atom. The summed E-state index contributed by atoms with van der Waals surface area (Å²) in [5.74, 6) is 1.84. The zero-order valence-corrected chi connectivity index (χ0v) is 31.5. The van der Waals surface area contributed by atoms with E-state index in [-0.39, 0.29) is 18.6 Å². The maximum Gasteiger partial charge on any atom is 0.410 e. The third-order valence-electron chi connectivity index (χ3n) is 9.75. The van der Waals surface area contributed by atoms with Crippen LogP contribution in [0.1, 0.15) is 109 Å². The molecule has 0 aliphatic carbocycles. The molecule has 54 heavy (non-hydrogen) atoms. The lowest BCUT2D eigenvalue weighted by atomic mass is 9.98. The van der Waals surface area contributed by atoms with Gasteiger partial charge in [0.05, 0.1) is 34.9 Å². The number of hydrogen-bond donors (Lipinski definition) is 2. The summed E-state index contributed by atoms with van der Waals surface area (Å²) in [5, 5.41) is 0. The average Bonchev–Trinajstić information content (AvgIpc) is 3.90. The van der Waals surface area contributed by atoms with Gasteiger partial charge in [-0.2, -0.15) is 13.2 Å². The molecular weight excluding hydrogens is 701 g/mol. The van der Waals surface area contributed by atoms with Crippen molar-refractivity contribution in [2.75, 3.05) is 13.1 Å². The van der Waals surface area contributed by atoms with E-state index in [4.69, 9.17) is 19.2 Å². The summed E-state index contributed by atoms with van der Waals surface area (Å²) in [7, 11) is 0. The van der Waals surface area contributed by atoms with Crippen molar-refractivity contribution < 1.29 is 37.0 Å². The van der Waals surface area contributed by atoms with Gasteiger partial charge in [-0.15, -0.1) is 0 Å². The van der Waals surface area contributed by atoms with Crippen LogP contribution in [0.15, 0.2) is 42.5 Å². The number of aromatic nitrogens is 4. The van der Waals surface area contributed by atoms with E-state index in [2.05, 4.69) is 15.0 Å². The van der Waals surface area contributed by atoms with Gasteiger partial charge in [0.15, 0.2) is 0 Å². The van der Waals surface area contributed by atoms with E-state index in [1.54, 1.807) is 30.6 Å². The van der Waals surface area contributed by atoms with Crippen LogP contribution in [0.3, 0.4) is 0 Å². The number of amides is 2. The molecule has 0 spiro atoms. The van der Waals surface area contributed by atoms with Gasteiger partial charge < -0.3 is 24.2 Å². The van der Waals surface area contributed by atoms with Gasteiger partial charge in [-0.05, 0) is 96.0 Å². The number of halogens is 3. The number of ether oxygens (including phenoxy) is 3. The quantitative estimate of drug-likeness (QED) is 0.201. The van der Waals surface area contributed by atoms with Crippen molar-refractivity contribution in [3.63, 3.8) is 0 Å². The normalized spacial score (nSPS) is 18.7. The van der Waals surface area contributed by atoms with Crippen LogP contribution in [0.4, 0.5) is 22.8 Å². The molecule has 2 saturated heterocycles. The van der Waals surface area contributed by atoms with Crippen LogP contribution in [-0.2, 0) is 22.5 Å². The molecule has 2 aromatic carbocycles. The zero-order chi connectivity index (χ0) is 38.6. The van der Waals surface area contributed by atoms with Crippen LogP contribution in [0.25, 0.3) is 33.6 Å². The third-order valence-corrected chi connectivity index (χ3v) is 9.75. The first kappa shape index (κ1) is 37.3. The molecule has 11 nitrogen and oxygen atoms in total. The summed E-state index contributed by atoms with van der Waals surface area (Å²) in [4.78, 5) is 45.6. The molecule has 0 unspecified atom stereocenters. The van der Waals surface area contributed by atoms with Crippen molar-refractivity contribution in [2.24, 2.45) is 0 Å². The molecule has 2 fully saturated rings. The van der Waals surface area contributed by atoms with Crippen LogP contribution >= 0.6 is 0 Å². The topological polar surface area (TPSA) is 126 Å². The van der Waals surface area contributed by atoms with Gasteiger partial charge in [0, 0.05) is 31.5 Å². The van der Waals surface area contributed by atoms with Gasteiger partial charge in [0.1, 0.15) is 35.2 Å². The van der Waals surface area contributed by atoms with Crippen LogP contribution in [0.5, 0.6) is 5.75 Å². The molecule has 0 saturated carbocycles. The van der Waals surface area contributed by atoms with Gasteiger partial charge in [0.25, 0.3) is 0 Å². The number of carbonyl (C=O) groups excluding carboxylic acids is 2. The van der Waals surface area contributed by atoms with Crippen molar-refractivity contribution in [3.05, 3.63) is 65.5 Å². The minimum Gasteiger partial charge on any atom is -0.487 e. The first-order chi connectivity index (χ1) is 25.4. The van der Waals surface area contributed by atoms with Gasteiger partial charge in [-0.3, -0.25) is 9.80 Å². The second-order valence-corrected chi connectivity index (χ2v) is 16.2. The first-order valence-corrected chi connectivity index (χ1v) is 18.5. The molecule has 2 aromatic heterocycles. The molecule has 14 heteroatoms.